The van der Waals surface area contributed by atoms with E-state index in [1.807, 2.05) is 41.3 Å². The second kappa shape index (κ2) is 11.9. The number of nitrogens with zero attached hydrogens (tertiary/aromatic N) is 2. The summed E-state index contributed by atoms with van der Waals surface area (Å²) >= 11 is 1.51. The quantitative estimate of drug-likeness (QED) is 0.264. The third-order valence-electron chi connectivity index (χ3n) is 7.34. The van der Waals surface area contributed by atoms with Crippen molar-refractivity contribution in [2.75, 3.05) is 31.5 Å². The average Bonchev–Trinajstić information content (AvgIpc) is 3.37. The number of carbonyl (C=O) groups is 1. The summed E-state index contributed by atoms with van der Waals surface area (Å²) in [5.41, 5.74) is 2.48. The number of benzene rings is 3. The van der Waals surface area contributed by atoms with Gasteiger partial charge < -0.3 is 15.5 Å². The lowest BCUT2D eigenvalue weighted by atomic mass is 9.79. The lowest BCUT2D eigenvalue weighted by Crippen LogP contribution is -2.54. The van der Waals surface area contributed by atoms with Crippen LogP contribution in [0.1, 0.15) is 37.3 Å². The zero-order valence-electron chi connectivity index (χ0n) is 21.3. The molecule has 192 valence electrons. The van der Waals surface area contributed by atoms with Gasteiger partial charge >= 0.3 is 6.03 Å². The summed E-state index contributed by atoms with van der Waals surface area (Å²) in [7, 11) is 0. The van der Waals surface area contributed by atoms with Crippen molar-refractivity contribution in [3.63, 3.8) is 0 Å². The Kier molecular flexibility index (Phi) is 8.14. The molecule has 0 atom stereocenters. The van der Waals surface area contributed by atoms with Crippen molar-refractivity contribution < 1.29 is 4.79 Å². The SMILES string of the molecule is CCC(c1ccccc1)(c1ccccc1)N(CCNC1CCNCC1)C(=O)Nc1nc2ccccc2s1. The number of thiazole rings is 1. The number of hydrogen-bond donors (Lipinski definition) is 3. The molecule has 2 amide bonds. The van der Waals surface area contributed by atoms with Crippen molar-refractivity contribution >= 4 is 32.7 Å². The van der Waals surface area contributed by atoms with Gasteiger partial charge in [0.1, 0.15) is 0 Å². The van der Waals surface area contributed by atoms with Gasteiger partial charge in [-0.05, 0) is 55.6 Å². The van der Waals surface area contributed by atoms with Crippen LogP contribution in [0.3, 0.4) is 0 Å². The molecule has 0 saturated carbocycles. The molecule has 0 aliphatic carbocycles. The Morgan fingerprint density at radius 1 is 0.973 bits per heavy atom. The standard InChI is InChI=1S/C30H35N5OS/c1-2-30(23-11-5-3-6-12-23,24-13-7-4-8-14-24)35(22-21-32-25-17-19-31-20-18-25)29(36)34-28-33-26-15-9-10-16-27(26)37-28/h3-16,25,31-32H,2,17-22H2,1H3,(H,33,34,36). The molecule has 3 N–H and O–H groups in total. The van der Waals surface area contributed by atoms with E-state index in [2.05, 4.69) is 76.4 Å². The Balaban J connectivity index is 1.50. The summed E-state index contributed by atoms with van der Waals surface area (Å²) in [6, 6.07) is 29.1. The van der Waals surface area contributed by atoms with E-state index in [1.54, 1.807) is 0 Å². The van der Waals surface area contributed by atoms with E-state index in [1.165, 1.54) is 11.3 Å². The Bertz CT molecular complexity index is 1210. The lowest BCUT2D eigenvalue weighted by Gasteiger charge is -2.44. The van der Waals surface area contributed by atoms with Gasteiger partial charge in [-0.15, -0.1) is 0 Å². The summed E-state index contributed by atoms with van der Waals surface area (Å²) in [5.74, 6) is 0. The van der Waals surface area contributed by atoms with Crippen LogP contribution in [0.4, 0.5) is 9.93 Å². The van der Waals surface area contributed by atoms with Crippen LogP contribution < -0.4 is 16.0 Å². The molecular formula is C30H35N5OS. The molecule has 7 heteroatoms. The van der Waals surface area contributed by atoms with E-state index in [9.17, 15) is 4.79 Å². The van der Waals surface area contributed by atoms with Gasteiger partial charge in [-0.3, -0.25) is 5.32 Å². The van der Waals surface area contributed by atoms with Crippen LogP contribution in [0, 0.1) is 0 Å². The van der Waals surface area contributed by atoms with Crippen LogP contribution in [0.15, 0.2) is 84.9 Å². The lowest BCUT2D eigenvalue weighted by molar-refractivity contribution is 0.142. The molecule has 1 fully saturated rings. The molecule has 0 radical (unpaired) electrons. The summed E-state index contributed by atoms with van der Waals surface area (Å²) in [6.07, 6.45) is 2.95. The Hall–Kier alpha value is -3.26. The van der Waals surface area contributed by atoms with Crippen molar-refractivity contribution in [1.29, 1.82) is 0 Å². The van der Waals surface area contributed by atoms with Crippen LogP contribution in [-0.4, -0.2) is 48.1 Å². The number of carbonyl (C=O) groups excluding carboxylic acids is 1. The van der Waals surface area contributed by atoms with Crippen LogP contribution in [0.5, 0.6) is 0 Å². The van der Waals surface area contributed by atoms with Gasteiger partial charge in [0.05, 0.1) is 15.8 Å². The van der Waals surface area contributed by atoms with Crippen molar-refractivity contribution in [2.45, 2.75) is 37.8 Å². The highest BCUT2D eigenvalue weighted by Gasteiger charge is 2.41. The molecule has 1 saturated heterocycles. The van der Waals surface area contributed by atoms with Crippen LogP contribution >= 0.6 is 11.3 Å². The highest BCUT2D eigenvalue weighted by atomic mass is 32.1. The van der Waals surface area contributed by atoms with Gasteiger partial charge in [0.15, 0.2) is 5.13 Å². The molecule has 0 unspecified atom stereocenters. The molecule has 6 nitrogen and oxygen atoms in total. The smallest absolute Gasteiger partial charge is 0.317 e. The summed E-state index contributed by atoms with van der Waals surface area (Å²) < 4.78 is 1.06. The molecule has 37 heavy (non-hydrogen) atoms. The zero-order valence-corrected chi connectivity index (χ0v) is 22.1. The molecule has 1 aliphatic heterocycles. The minimum absolute atomic E-state index is 0.138. The van der Waals surface area contributed by atoms with Crippen LogP contribution in [0.25, 0.3) is 10.2 Å². The van der Waals surface area contributed by atoms with E-state index in [-0.39, 0.29) is 6.03 Å². The topological polar surface area (TPSA) is 69.3 Å². The van der Waals surface area contributed by atoms with Crippen molar-refractivity contribution in [3.05, 3.63) is 96.1 Å². The first kappa shape index (κ1) is 25.4. The number of fused-ring (bicyclic) bond motifs is 1. The first-order valence-electron chi connectivity index (χ1n) is 13.2. The summed E-state index contributed by atoms with van der Waals surface area (Å²) in [5, 5.41) is 10.9. The normalized spacial score (nSPS) is 14.5. The van der Waals surface area contributed by atoms with E-state index in [0.29, 0.717) is 17.7 Å². The van der Waals surface area contributed by atoms with Gasteiger partial charge in [0, 0.05) is 19.1 Å². The molecule has 4 aromatic rings. The van der Waals surface area contributed by atoms with E-state index in [0.717, 1.165) is 60.2 Å². The van der Waals surface area contributed by atoms with Gasteiger partial charge in [0.25, 0.3) is 0 Å². The van der Waals surface area contributed by atoms with Gasteiger partial charge in [-0.2, -0.15) is 0 Å². The van der Waals surface area contributed by atoms with Crippen molar-refractivity contribution in [1.82, 2.24) is 20.5 Å². The van der Waals surface area contributed by atoms with E-state index in [4.69, 9.17) is 0 Å². The summed E-state index contributed by atoms with van der Waals surface area (Å²) in [4.78, 5) is 20.9. The van der Waals surface area contributed by atoms with E-state index < -0.39 is 5.54 Å². The monoisotopic (exact) mass is 513 g/mol. The first-order chi connectivity index (χ1) is 18.2. The number of para-hydroxylation sites is 1. The largest absolute Gasteiger partial charge is 0.324 e. The minimum atomic E-state index is -0.626. The molecule has 0 spiro atoms. The third-order valence-corrected chi connectivity index (χ3v) is 8.29. The molecule has 1 aromatic heterocycles. The highest BCUT2D eigenvalue weighted by molar-refractivity contribution is 7.22. The first-order valence-corrected chi connectivity index (χ1v) is 14.0. The second-order valence-electron chi connectivity index (χ2n) is 9.49. The minimum Gasteiger partial charge on any atom is -0.317 e. The molecule has 1 aliphatic rings. The maximum atomic E-state index is 14.2. The third kappa shape index (κ3) is 5.54. The fourth-order valence-corrected chi connectivity index (χ4v) is 6.32. The molecule has 3 aromatic carbocycles. The van der Waals surface area contributed by atoms with Gasteiger partial charge in [-0.1, -0.05) is 91.1 Å². The Morgan fingerprint density at radius 3 is 2.22 bits per heavy atom. The Morgan fingerprint density at radius 2 is 1.59 bits per heavy atom. The number of aromatic nitrogens is 1. The number of rotatable bonds is 9. The van der Waals surface area contributed by atoms with Crippen LogP contribution in [-0.2, 0) is 5.54 Å². The van der Waals surface area contributed by atoms with Gasteiger partial charge in [-0.25, -0.2) is 9.78 Å². The maximum absolute atomic E-state index is 14.2. The number of hydrogen-bond acceptors (Lipinski definition) is 5. The predicted molar refractivity (Wildman–Crippen MR) is 153 cm³/mol. The maximum Gasteiger partial charge on any atom is 0.324 e. The van der Waals surface area contributed by atoms with Gasteiger partial charge in [0.2, 0.25) is 0 Å². The zero-order chi connectivity index (χ0) is 25.5. The number of anilines is 1. The number of nitrogens with one attached hydrogen (secondary N) is 3. The number of amides is 2. The molecule has 5 rings (SSSR count). The summed E-state index contributed by atoms with van der Waals surface area (Å²) in [6.45, 7) is 5.52. The highest BCUT2D eigenvalue weighted by Crippen LogP contribution is 2.40. The fourth-order valence-electron chi connectivity index (χ4n) is 5.46. The average molecular weight is 514 g/mol. The number of piperidine rings is 1. The van der Waals surface area contributed by atoms with E-state index >= 15 is 0 Å². The van der Waals surface area contributed by atoms with Crippen LogP contribution in [0.2, 0.25) is 0 Å². The van der Waals surface area contributed by atoms with Crippen molar-refractivity contribution in [2.24, 2.45) is 0 Å². The number of urea groups is 1. The molecular weight excluding hydrogens is 478 g/mol. The Labute approximate surface area is 223 Å². The van der Waals surface area contributed by atoms with Crippen molar-refractivity contribution in [3.8, 4) is 0 Å². The fraction of sp³-hybridized carbons (Fsp3) is 0.333. The predicted octanol–water partition coefficient (Wildman–Crippen LogP) is 5.83. The second-order valence-corrected chi connectivity index (χ2v) is 10.5. The molecule has 0 bridgehead atoms. The molecule has 2 heterocycles.